The van der Waals surface area contributed by atoms with Gasteiger partial charge >= 0.3 is 0 Å². The van der Waals surface area contributed by atoms with Crippen LogP contribution in [0.1, 0.15) is 11.4 Å². The van der Waals surface area contributed by atoms with Crippen molar-refractivity contribution in [1.29, 1.82) is 0 Å². The van der Waals surface area contributed by atoms with E-state index in [1.807, 2.05) is 30.5 Å². The predicted octanol–water partition coefficient (Wildman–Crippen LogP) is 0.0948. The van der Waals surface area contributed by atoms with Gasteiger partial charge in [-0.25, -0.2) is 5.84 Å². The molecule has 3 N–H and O–H groups in total. The quantitative estimate of drug-likeness (QED) is 0.372. The SMILES string of the molecule is Cc1ccc(C)n1CC(=O)NN. The molecule has 1 aromatic rings. The number of amides is 1. The van der Waals surface area contributed by atoms with Gasteiger partial charge in [0.25, 0.3) is 5.91 Å². The third-order valence-electron chi connectivity index (χ3n) is 1.88. The second kappa shape index (κ2) is 3.40. The smallest absolute Gasteiger partial charge is 0.253 e. The summed E-state index contributed by atoms with van der Waals surface area (Å²) in [6.07, 6.45) is 0. The number of nitrogens with zero attached hydrogens (tertiary/aromatic N) is 1. The summed E-state index contributed by atoms with van der Waals surface area (Å²) < 4.78 is 1.90. The number of carbonyl (C=O) groups is 1. The molecule has 12 heavy (non-hydrogen) atoms. The van der Waals surface area contributed by atoms with Gasteiger partial charge in [-0.2, -0.15) is 0 Å². The van der Waals surface area contributed by atoms with Crippen molar-refractivity contribution in [2.24, 2.45) is 5.84 Å². The Kier molecular flexibility index (Phi) is 2.50. The molecule has 1 heterocycles. The van der Waals surface area contributed by atoms with Crippen molar-refractivity contribution in [3.8, 4) is 0 Å². The van der Waals surface area contributed by atoms with Crippen molar-refractivity contribution >= 4 is 5.91 Å². The molecule has 66 valence electrons. The van der Waals surface area contributed by atoms with E-state index in [2.05, 4.69) is 5.43 Å². The first-order valence-electron chi connectivity index (χ1n) is 3.77. The van der Waals surface area contributed by atoms with Crippen molar-refractivity contribution in [3.63, 3.8) is 0 Å². The first-order chi connectivity index (χ1) is 5.65. The number of nitrogens with one attached hydrogen (secondary N) is 1. The molecule has 0 unspecified atom stereocenters. The zero-order chi connectivity index (χ0) is 9.14. The highest BCUT2D eigenvalue weighted by molar-refractivity contribution is 5.75. The summed E-state index contributed by atoms with van der Waals surface area (Å²) in [6, 6.07) is 3.94. The lowest BCUT2D eigenvalue weighted by Crippen LogP contribution is -2.33. The highest BCUT2D eigenvalue weighted by Crippen LogP contribution is 2.05. The Morgan fingerprint density at radius 2 is 2.00 bits per heavy atom. The van der Waals surface area contributed by atoms with E-state index >= 15 is 0 Å². The molecule has 0 aliphatic carbocycles. The Balaban J connectivity index is 2.80. The minimum absolute atomic E-state index is 0.183. The van der Waals surface area contributed by atoms with Gasteiger partial charge in [-0.05, 0) is 26.0 Å². The number of aromatic nitrogens is 1. The molecule has 0 atom stereocenters. The Hall–Kier alpha value is -1.29. The standard InChI is InChI=1S/C8H13N3O/c1-6-3-4-7(2)11(6)5-8(12)10-9/h3-4H,5,9H2,1-2H3,(H,10,12). The van der Waals surface area contributed by atoms with Crippen LogP contribution in [0.5, 0.6) is 0 Å². The van der Waals surface area contributed by atoms with E-state index in [9.17, 15) is 4.79 Å². The summed E-state index contributed by atoms with van der Waals surface area (Å²) >= 11 is 0. The van der Waals surface area contributed by atoms with Crippen LogP contribution in [0.15, 0.2) is 12.1 Å². The number of rotatable bonds is 2. The van der Waals surface area contributed by atoms with Gasteiger partial charge in [0, 0.05) is 11.4 Å². The van der Waals surface area contributed by atoms with E-state index in [1.54, 1.807) is 0 Å². The molecular formula is C8H13N3O. The van der Waals surface area contributed by atoms with Gasteiger partial charge in [-0.15, -0.1) is 0 Å². The molecule has 0 bridgehead atoms. The number of hydrogen-bond donors (Lipinski definition) is 2. The fraction of sp³-hybridized carbons (Fsp3) is 0.375. The number of carbonyl (C=O) groups excluding carboxylic acids is 1. The number of hydrogen-bond acceptors (Lipinski definition) is 2. The van der Waals surface area contributed by atoms with Crippen LogP contribution in [0.25, 0.3) is 0 Å². The van der Waals surface area contributed by atoms with Gasteiger partial charge in [0.1, 0.15) is 6.54 Å². The van der Waals surface area contributed by atoms with E-state index < -0.39 is 0 Å². The average molecular weight is 167 g/mol. The van der Waals surface area contributed by atoms with Crippen molar-refractivity contribution in [3.05, 3.63) is 23.5 Å². The largest absolute Gasteiger partial charge is 0.340 e. The van der Waals surface area contributed by atoms with Crippen LogP contribution in [-0.4, -0.2) is 10.5 Å². The van der Waals surface area contributed by atoms with Crippen LogP contribution in [-0.2, 0) is 11.3 Å². The maximum atomic E-state index is 10.9. The van der Waals surface area contributed by atoms with Crippen LogP contribution in [0.2, 0.25) is 0 Å². The Labute approximate surface area is 71.3 Å². The van der Waals surface area contributed by atoms with E-state index in [0.717, 1.165) is 11.4 Å². The first-order valence-corrected chi connectivity index (χ1v) is 3.77. The molecule has 0 aromatic carbocycles. The third kappa shape index (κ3) is 1.65. The van der Waals surface area contributed by atoms with Crippen LogP contribution in [0.4, 0.5) is 0 Å². The van der Waals surface area contributed by atoms with Crippen molar-refractivity contribution < 1.29 is 4.79 Å². The van der Waals surface area contributed by atoms with Gasteiger partial charge in [0.2, 0.25) is 0 Å². The Morgan fingerprint density at radius 1 is 1.50 bits per heavy atom. The molecule has 0 saturated carbocycles. The van der Waals surface area contributed by atoms with Crippen LogP contribution in [0, 0.1) is 13.8 Å². The van der Waals surface area contributed by atoms with Crippen molar-refractivity contribution in [2.45, 2.75) is 20.4 Å². The second-order valence-electron chi connectivity index (χ2n) is 2.77. The summed E-state index contributed by atoms with van der Waals surface area (Å²) in [5.41, 5.74) is 4.23. The maximum absolute atomic E-state index is 10.9. The fourth-order valence-corrected chi connectivity index (χ4v) is 1.14. The van der Waals surface area contributed by atoms with Gasteiger partial charge in [0.15, 0.2) is 0 Å². The molecular weight excluding hydrogens is 154 g/mol. The molecule has 0 aliphatic rings. The minimum atomic E-state index is -0.183. The molecule has 4 nitrogen and oxygen atoms in total. The molecule has 0 aliphatic heterocycles. The maximum Gasteiger partial charge on any atom is 0.253 e. The highest BCUT2D eigenvalue weighted by atomic mass is 16.2. The molecule has 0 saturated heterocycles. The van der Waals surface area contributed by atoms with E-state index in [-0.39, 0.29) is 5.91 Å². The van der Waals surface area contributed by atoms with E-state index in [1.165, 1.54) is 0 Å². The van der Waals surface area contributed by atoms with Gasteiger partial charge < -0.3 is 4.57 Å². The van der Waals surface area contributed by atoms with Crippen LogP contribution >= 0.6 is 0 Å². The number of hydrazine groups is 1. The monoisotopic (exact) mass is 167 g/mol. The average Bonchev–Trinajstić information content (AvgIpc) is 2.35. The second-order valence-corrected chi connectivity index (χ2v) is 2.77. The summed E-state index contributed by atoms with van der Waals surface area (Å²) in [5, 5.41) is 0. The van der Waals surface area contributed by atoms with E-state index in [4.69, 9.17) is 5.84 Å². The predicted molar refractivity (Wildman–Crippen MR) is 46.2 cm³/mol. The lowest BCUT2D eigenvalue weighted by molar-refractivity contribution is -0.121. The first kappa shape index (κ1) is 8.80. The third-order valence-corrected chi connectivity index (χ3v) is 1.88. The zero-order valence-electron chi connectivity index (χ0n) is 7.29. The van der Waals surface area contributed by atoms with Gasteiger partial charge in [0.05, 0.1) is 0 Å². The van der Waals surface area contributed by atoms with Crippen LogP contribution < -0.4 is 11.3 Å². The Morgan fingerprint density at radius 3 is 2.42 bits per heavy atom. The molecule has 1 amide bonds. The van der Waals surface area contributed by atoms with Gasteiger partial charge in [-0.1, -0.05) is 0 Å². The summed E-state index contributed by atoms with van der Waals surface area (Å²) in [6.45, 7) is 4.20. The number of nitrogens with two attached hydrogens (primary N) is 1. The van der Waals surface area contributed by atoms with Crippen LogP contribution in [0.3, 0.4) is 0 Å². The van der Waals surface area contributed by atoms with Crippen molar-refractivity contribution in [2.75, 3.05) is 0 Å². The minimum Gasteiger partial charge on any atom is -0.340 e. The van der Waals surface area contributed by atoms with E-state index in [0.29, 0.717) is 6.54 Å². The fourth-order valence-electron chi connectivity index (χ4n) is 1.14. The van der Waals surface area contributed by atoms with Crippen molar-refractivity contribution in [1.82, 2.24) is 9.99 Å². The Bertz CT molecular complexity index is 271. The summed E-state index contributed by atoms with van der Waals surface area (Å²) in [7, 11) is 0. The summed E-state index contributed by atoms with van der Waals surface area (Å²) in [4.78, 5) is 10.9. The summed E-state index contributed by atoms with van der Waals surface area (Å²) in [5.74, 6) is 4.79. The number of aryl methyl sites for hydroxylation is 2. The molecule has 0 radical (unpaired) electrons. The molecule has 4 heteroatoms. The highest BCUT2D eigenvalue weighted by Gasteiger charge is 2.04. The molecule has 0 fully saturated rings. The molecule has 1 rings (SSSR count). The molecule has 1 aromatic heterocycles. The molecule has 0 spiro atoms. The topological polar surface area (TPSA) is 60.0 Å². The van der Waals surface area contributed by atoms with Gasteiger partial charge in [-0.3, -0.25) is 10.2 Å². The zero-order valence-corrected chi connectivity index (χ0v) is 7.29. The normalized spacial score (nSPS) is 9.92. The lowest BCUT2D eigenvalue weighted by atomic mass is 10.5. The lowest BCUT2D eigenvalue weighted by Gasteiger charge is -2.06.